The fourth-order valence-electron chi connectivity index (χ4n) is 1.99. The molecule has 1 saturated carbocycles. The van der Waals surface area contributed by atoms with Crippen molar-refractivity contribution in [2.45, 2.75) is 36.4 Å². The van der Waals surface area contributed by atoms with E-state index in [9.17, 15) is 5.11 Å². The smallest absolute Gasteiger partial charge is 0.191 e. The molecule has 1 N–H and O–H groups in total. The van der Waals surface area contributed by atoms with Crippen LogP contribution in [0.4, 0.5) is 0 Å². The topological polar surface area (TPSA) is 50.9 Å². The van der Waals surface area contributed by atoms with E-state index < -0.39 is 0 Å². The lowest BCUT2D eigenvalue weighted by molar-refractivity contribution is 0.263. The second-order valence-corrected chi connectivity index (χ2v) is 6.43. The third kappa shape index (κ3) is 3.01. The molecule has 1 fully saturated rings. The molecule has 1 aliphatic rings. The van der Waals surface area contributed by atoms with Crippen molar-refractivity contribution >= 4 is 27.7 Å². The number of hydrogen-bond acceptors (Lipinski definition) is 4. The van der Waals surface area contributed by atoms with Gasteiger partial charge >= 0.3 is 0 Å². The summed E-state index contributed by atoms with van der Waals surface area (Å²) in [7, 11) is 0. The van der Waals surface area contributed by atoms with E-state index in [-0.39, 0.29) is 6.61 Å². The number of hydrogen-bond donors (Lipinski definition) is 1. The van der Waals surface area contributed by atoms with E-state index >= 15 is 0 Å². The zero-order chi connectivity index (χ0) is 13.2. The van der Waals surface area contributed by atoms with Crippen LogP contribution in [0.1, 0.15) is 30.3 Å². The molecular formula is C13H14BrN3OS. The van der Waals surface area contributed by atoms with Gasteiger partial charge in [0.1, 0.15) is 6.61 Å². The molecule has 1 aromatic carbocycles. The van der Waals surface area contributed by atoms with Crippen LogP contribution in [0.2, 0.25) is 0 Å². The lowest BCUT2D eigenvalue weighted by Gasteiger charge is -2.07. The number of aliphatic hydroxyl groups excluding tert-OH is 1. The normalized spacial score (nSPS) is 14.8. The number of thioether (sulfide) groups is 1. The van der Waals surface area contributed by atoms with E-state index in [4.69, 9.17) is 0 Å². The molecule has 100 valence electrons. The standard InChI is InChI=1S/C13H14BrN3OS/c14-10-3-1-2-9(6-10)8-19-13-16-15-12(7-18)17(13)11-4-5-11/h1-3,6,11,18H,4-5,7-8H2. The third-order valence-electron chi connectivity index (χ3n) is 3.05. The van der Waals surface area contributed by atoms with Gasteiger partial charge < -0.3 is 9.67 Å². The minimum absolute atomic E-state index is 0.0407. The van der Waals surface area contributed by atoms with E-state index in [0.29, 0.717) is 11.9 Å². The highest BCUT2D eigenvalue weighted by molar-refractivity contribution is 9.10. The second-order valence-electron chi connectivity index (χ2n) is 4.58. The summed E-state index contributed by atoms with van der Waals surface area (Å²) in [6.07, 6.45) is 2.32. The predicted molar refractivity (Wildman–Crippen MR) is 77.9 cm³/mol. The summed E-state index contributed by atoms with van der Waals surface area (Å²) in [6, 6.07) is 8.75. The summed E-state index contributed by atoms with van der Waals surface area (Å²) in [6.45, 7) is -0.0407. The molecule has 3 rings (SSSR count). The number of nitrogens with zero attached hydrogens (tertiary/aromatic N) is 3. The van der Waals surface area contributed by atoms with Crippen LogP contribution in [-0.2, 0) is 12.4 Å². The predicted octanol–water partition coefficient (Wildman–Crippen LogP) is 3.16. The Morgan fingerprint density at radius 1 is 1.37 bits per heavy atom. The van der Waals surface area contributed by atoms with Crippen LogP contribution >= 0.6 is 27.7 Å². The fraction of sp³-hybridized carbons (Fsp3) is 0.385. The molecule has 0 amide bonds. The molecule has 0 atom stereocenters. The van der Waals surface area contributed by atoms with E-state index in [0.717, 1.165) is 28.2 Å². The van der Waals surface area contributed by atoms with Crippen molar-refractivity contribution in [2.24, 2.45) is 0 Å². The molecule has 1 aromatic heterocycles. The quantitative estimate of drug-likeness (QED) is 0.850. The molecule has 19 heavy (non-hydrogen) atoms. The van der Waals surface area contributed by atoms with Crippen molar-refractivity contribution in [1.29, 1.82) is 0 Å². The van der Waals surface area contributed by atoms with Crippen LogP contribution < -0.4 is 0 Å². The minimum Gasteiger partial charge on any atom is -0.388 e. The average molecular weight is 340 g/mol. The summed E-state index contributed by atoms with van der Waals surface area (Å²) >= 11 is 5.15. The Morgan fingerprint density at radius 3 is 2.89 bits per heavy atom. The molecule has 1 aliphatic carbocycles. The van der Waals surface area contributed by atoms with Crippen LogP contribution in [0.3, 0.4) is 0 Å². The summed E-state index contributed by atoms with van der Waals surface area (Å²) < 4.78 is 3.17. The average Bonchev–Trinajstić information content (AvgIpc) is 3.17. The van der Waals surface area contributed by atoms with Crippen molar-refractivity contribution in [3.8, 4) is 0 Å². The lowest BCUT2D eigenvalue weighted by Crippen LogP contribution is -2.02. The molecule has 1 heterocycles. The minimum atomic E-state index is -0.0407. The summed E-state index contributed by atoms with van der Waals surface area (Å²) in [5, 5.41) is 18.4. The van der Waals surface area contributed by atoms with Crippen LogP contribution in [0.15, 0.2) is 33.9 Å². The zero-order valence-electron chi connectivity index (χ0n) is 10.3. The van der Waals surface area contributed by atoms with Crippen molar-refractivity contribution in [1.82, 2.24) is 14.8 Å². The Hall–Kier alpha value is -0.850. The van der Waals surface area contributed by atoms with Crippen molar-refractivity contribution in [3.05, 3.63) is 40.1 Å². The number of halogens is 1. The first-order valence-corrected chi connectivity index (χ1v) is 7.97. The van der Waals surface area contributed by atoms with Crippen LogP contribution in [0.5, 0.6) is 0 Å². The molecule has 0 bridgehead atoms. The number of benzene rings is 1. The van der Waals surface area contributed by atoms with Gasteiger partial charge in [-0.3, -0.25) is 0 Å². The third-order valence-corrected chi connectivity index (χ3v) is 4.55. The van der Waals surface area contributed by atoms with Gasteiger partial charge in [-0.1, -0.05) is 39.8 Å². The van der Waals surface area contributed by atoms with Gasteiger partial charge in [-0.05, 0) is 30.5 Å². The van der Waals surface area contributed by atoms with Crippen molar-refractivity contribution in [3.63, 3.8) is 0 Å². The monoisotopic (exact) mass is 339 g/mol. The Bertz CT molecular complexity index is 583. The lowest BCUT2D eigenvalue weighted by atomic mass is 10.2. The van der Waals surface area contributed by atoms with Gasteiger partial charge in [-0.15, -0.1) is 10.2 Å². The first-order chi connectivity index (χ1) is 9.28. The van der Waals surface area contributed by atoms with Crippen LogP contribution in [-0.4, -0.2) is 19.9 Å². The molecule has 0 radical (unpaired) electrons. The highest BCUT2D eigenvalue weighted by Gasteiger charge is 2.29. The molecule has 0 aliphatic heterocycles. The van der Waals surface area contributed by atoms with Gasteiger partial charge in [0, 0.05) is 16.3 Å². The van der Waals surface area contributed by atoms with Gasteiger partial charge in [0.25, 0.3) is 0 Å². The van der Waals surface area contributed by atoms with E-state index in [1.54, 1.807) is 11.8 Å². The zero-order valence-corrected chi connectivity index (χ0v) is 12.7. The molecule has 2 aromatic rings. The second kappa shape index (κ2) is 5.64. The first-order valence-electron chi connectivity index (χ1n) is 6.20. The summed E-state index contributed by atoms with van der Waals surface area (Å²) in [5.74, 6) is 1.54. The van der Waals surface area contributed by atoms with Gasteiger partial charge in [0.2, 0.25) is 0 Å². The number of rotatable bonds is 5. The van der Waals surface area contributed by atoms with Gasteiger partial charge in [-0.25, -0.2) is 0 Å². The van der Waals surface area contributed by atoms with E-state index in [1.165, 1.54) is 5.56 Å². The molecule has 0 spiro atoms. The highest BCUT2D eigenvalue weighted by Crippen LogP contribution is 2.39. The van der Waals surface area contributed by atoms with Gasteiger partial charge in [-0.2, -0.15) is 0 Å². The maximum absolute atomic E-state index is 9.29. The molecule has 0 unspecified atom stereocenters. The molecule has 0 saturated heterocycles. The SMILES string of the molecule is OCc1nnc(SCc2cccc(Br)c2)n1C1CC1. The van der Waals surface area contributed by atoms with Crippen LogP contribution in [0, 0.1) is 0 Å². The maximum Gasteiger partial charge on any atom is 0.191 e. The highest BCUT2D eigenvalue weighted by atomic mass is 79.9. The molecule has 4 nitrogen and oxygen atoms in total. The van der Waals surface area contributed by atoms with Crippen molar-refractivity contribution < 1.29 is 5.11 Å². The number of aromatic nitrogens is 3. The Kier molecular flexibility index (Phi) is 3.91. The van der Waals surface area contributed by atoms with E-state index in [2.05, 4.69) is 42.8 Å². The Balaban J connectivity index is 1.75. The van der Waals surface area contributed by atoms with Gasteiger partial charge in [0.15, 0.2) is 11.0 Å². The Labute approximate surface area is 124 Å². The van der Waals surface area contributed by atoms with Crippen LogP contribution in [0.25, 0.3) is 0 Å². The number of aliphatic hydroxyl groups is 1. The van der Waals surface area contributed by atoms with Crippen molar-refractivity contribution in [2.75, 3.05) is 0 Å². The van der Waals surface area contributed by atoms with Gasteiger partial charge in [0.05, 0.1) is 0 Å². The summed E-state index contributed by atoms with van der Waals surface area (Å²) in [4.78, 5) is 0. The Morgan fingerprint density at radius 2 is 2.21 bits per heavy atom. The molecular weight excluding hydrogens is 326 g/mol. The first kappa shape index (κ1) is 13.1. The molecule has 6 heteroatoms. The summed E-state index contributed by atoms with van der Waals surface area (Å²) in [5.41, 5.74) is 1.25. The largest absolute Gasteiger partial charge is 0.388 e. The maximum atomic E-state index is 9.29. The van der Waals surface area contributed by atoms with E-state index in [1.807, 2.05) is 12.1 Å². The fourth-order valence-corrected chi connectivity index (χ4v) is 3.40.